The van der Waals surface area contributed by atoms with E-state index < -0.39 is 29.6 Å². The number of carboxylic acids is 1. The Morgan fingerprint density at radius 2 is 1.48 bits per heavy atom. The number of carbonyl (C=O) groups excluding carboxylic acids is 2. The molecule has 0 spiro atoms. The van der Waals surface area contributed by atoms with E-state index in [1.807, 2.05) is 45.0 Å². The molecule has 0 radical (unpaired) electrons. The number of aliphatic carboxylic acids is 1. The number of ether oxygens (including phenoxy) is 1. The lowest BCUT2D eigenvalue weighted by Gasteiger charge is -2.30. The number of hydrogen-bond donors (Lipinski definition) is 3. The van der Waals surface area contributed by atoms with Gasteiger partial charge in [0.2, 0.25) is 5.91 Å². The third-order valence-electron chi connectivity index (χ3n) is 5.96. The van der Waals surface area contributed by atoms with Gasteiger partial charge >= 0.3 is 12.1 Å². The van der Waals surface area contributed by atoms with E-state index in [4.69, 9.17) is 9.84 Å². The van der Waals surface area contributed by atoms with E-state index in [2.05, 4.69) is 34.9 Å². The first kappa shape index (κ1) is 24.3. The summed E-state index contributed by atoms with van der Waals surface area (Å²) in [6.45, 7) is 7.53. The molecule has 1 aliphatic carbocycles. The monoisotopic (exact) mass is 452 g/mol. The molecule has 0 aliphatic heterocycles. The van der Waals surface area contributed by atoms with Gasteiger partial charge in [0, 0.05) is 24.4 Å². The minimum absolute atomic E-state index is 0.0242. The molecule has 0 saturated heterocycles. The number of fused-ring (bicyclic) bond motifs is 3. The minimum Gasteiger partial charge on any atom is -0.481 e. The normalized spacial score (nSPS) is 14.5. The Bertz CT molecular complexity index is 982. The molecule has 3 rings (SSSR count). The van der Waals surface area contributed by atoms with Crippen molar-refractivity contribution >= 4 is 18.0 Å². The highest BCUT2D eigenvalue weighted by Crippen LogP contribution is 2.44. The molecule has 0 bridgehead atoms. The molecule has 2 atom stereocenters. The van der Waals surface area contributed by atoms with Crippen LogP contribution in [0.2, 0.25) is 0 Å². The van der Waals surface area contributed by atoms with Crippen LogP contribution in [-0.2, 0) is 14.3 Å². The lowest BCUT2D eigenvalue weighted by Crippen LogP contribution is -2.47. The minimum atomic E-state index is -0.972. The van der Waals surface area contributed by atoms with E-state index in [1.165, 1.54) is 0 Å². The van der Waals surface area contributed by atoms with Crippen molar-refractivity contribution in [2.75, 3.05) is 6.61 Å². The first-order chi connectivity index (χ1) is 15.6. The summed E-state index contributed by atoms with van der Waals surface area (Å²) in [6, 6.07) is 15.2. The molecule has 33 heavy (non-hydrogen) atoms. The van der Waals surface area contributed by atoms with Crippen molar-refractivity contribution in [3.05, 3.63) is 59.7 Å². The van der Waals surface area contributed by atoms with Crippen LogP contribution in [0.4, 0.5) is 4.79 Å². The van der Waals surface area contributed by atoms with Crippen LogP contribution in [0.25, 0.3) is 11.1 Å². The predicted octanol–water partition coefficient (Wildman–Crippen LogP) is 4.31. The van der Waals surface area contributed by atoms with Crippen molar-refractivity contribution in [2.45, 2.75) is 58.5 Å². The van der Waals surface area contributed by atoms with E-state index >= 15 is 0 Å². The zero-order chi connectivity index (χ0) is 24.2. The highest BCUT2D eigenvalue weighted by molar-refractivity contribution is 5.80. The molecule has 2 aromatic rings. The van der Waals surface area contributed by atoms with Gasteiger partial charge in [0.15, 0.2) is 0 Å². The van der Waals surface area contributed by atoms with Gasteiger partial charge in [0.05, 0.1) is 6.42 Å². The molecular formula is C26H32N2O5. The highest BCUT2D eigenvalue weighted by atomic mass is 16.5. The summed E-state index contributed by atoms with van der Waals surface area (Å²) in [5.41, 5.74) is 4.16. The molecule has 0 fully saturated rings. The maximum absolute atomic E-state index is 12.4. The molecule has 176 valence electrons. The number of amides is 2. The number of hydrogen-bond acceptors (Lipinski definition) is 4. The van der Waals surface area contributed by atoms with Gasteiger partial charge in [-0.1, -0.05) is 69.3 Å². The SMILES string of the molecule is C[C@H](CC(=O)NC(CC(=O)O)C(C)(C)C)NC(=O)OCC1c2ccccc2-c2ccccc21. The summed E-state index contributed by atoms with van der Waals surface area (Å²) >= 11 is 0. The summed E-state index contributed by atoms with van der Waals surface area (Å²) in [5, 5.41) is 14.6. The Morgan fingerprint density at radius 1 is 0.939 bits per heavy atom. The summed E-state index contributed by atoms with van der Waals surface area (Å²) in [4.78, 5) is 35.9. The van der Waals surface area contributed by atoms with Crippen molar-refractivity contribution in [1.29, 1.82) is 0 Å². The van der Waals surface area contributed by atoms with Gasteiger partial charge in [-0.2, -0.15) is 0 Å². The molecule has 0 aromatic heterocycles. The fraction of sp³-hybridized carbons (Fsp3) is 0.423. The van der Waals surface area contributed by atoms with Crippen molar-refractivity contribution in [2.24, 2.45) is 5.41 Å². The average molecular weight is 453 g/mol. The zero-order valence-corrected chi connectivity index (χ0v) is 19.6. The Kier molecular flexibility index (Phi) is 7.41. The van der Waals surface area contributed by atoms with Crippen LogP contribution in [0.3, 0.4) is 0 Å². The van der Waals surface area contributed by atoms with Gasteiger partial charge in [0.1, 0.15) is 6.61 Å². The second-order valence-electron chi connectivity index (χ2n) is 9.66. The van der Waals surface area contributed by atoms with Gasteiger partial charge in [-0.05, 0) is 34.6 Å². The zero-order valence-electron chi connectivity index (χ0n) is 19.6. The standard InChI is InChI=1S/C26H32N2O5/c1-16(13-23(29)28-22(14-24(30)31)26(2,3)4)27-25(32)33-15-21-19-11-7-5-9-17(19)18-10-6-8-12-20(18)21/h5-12,16,21-22H,13-15H2,1-4H3,(H,27,32)(H,28,29)(H,30,31)/t16-,22?/m1/s1. The number of nitrogens with one attached hydrogen (secondary N) is 2. The number of rotatable bonds is 8. The largest absolute Gasteiger partial charge is 0.481 e. The van der Waals surface area contributed by atoms with Crippen LogP contribution in [0, 0.1) is 5.41 Å². The predicted molar refractivity (Wildman–Crippen MR) is 126 cm³/mol. The number of benzene rings is 2. The van der Waals surface area contributed by atoms with Gasteiger partial charge in [-0.3, -0.25) is 9.59 Å². The Hall–Kier alpha value is -3.35. The van der Waals surface area contributed by atoms with Crippen molar-refractivity contribution in [3.63, 3.8) is 0 Å². The molecule has 2 aromatic carbocycles. The summed E-state index contributed by atoms with van der Waals surface area (Å²) in [7, 11) is 0. The summed E-state index contributed by atoms with van der Waals surface area (Å²) in [6.07, 6.45) is -0.727. The second-order valence-corrected chi connectivity index (χ2v) is 9.66. The average Bonchev–Trinajstić information content (AvgIpc) is 3.04. The fourth-order valence-corrected chi connectivity index (χ4v) is 4.17. The maximum Gasteiger partial charge on any atom is 0.407 e. The van der Waals surface area contributed by atoms with Gasteiger partial charge < -0.3 is 20.5 Å². The van der Waals surface area contributed by atoms with Crippen LogP contribution in [0.5, 0.6) is 0 Å². The number of carbonyl (C=O) groups is 3. The third kappa shape index (κ3) is 6.12. The lowest BCUT2D eigenvalue weighted by molar-refractivity contribution is -0.138. The molecule has 7 nitrogen and oxygen atoms in total. The van der Waals surface area contributed by atoms with Gasteiger partial charge in [-0.15, -0.1) is 0 Å². The van der Waals surface area contributed by atoms with Crippen LogP contribution < -0.4 is 10.6 Å². The van der Waals surface area contributed by atoms with E-state index in [0.717, 1.165) is 22.3 Å². The smallest absolute Gasteiger partial charge is 0.407 e. The Morgan fingerprint density at radius 3 is 2.00 bits per heavy atom. The molecular weight excluding hydrogens is 420 g/mol. The molecule has 1 unspecified atom stereocenters. The van der Waals surface area contributed by atoms with E-state index in [0.29, 0.717) is 0 Å². The fourth-order valence-electron chi connectivity index (χ4n) is 4.17. The van der Waals surface area contributed by atoms with Gasteiger partial charge in [-0.25, -0.2) is 4.79 Å². The summed E-state index contributed by atoms with van der Waals surface area (Å²) in [5.74, 6) is -1.33. The molecule has 1 aliphatic rings. The molecule has 2 amide bonds. The Labute approximate surface area is 194 Å². The number of alkyl carbamates (subject to hydrolysis) is 1. The Balaban J connectivity index is 1.53. The molecule has 0 saturated carbocycles. The van der Waals surface area contributed by atoms with Crippen molar-refractivity contribution in [1.82, 2.24) is 10.6 Å². The molecule has 0 heterocycles. The third-order valence-corrected chi connectivity index (χ3v) is 5.96. The number of carboxylic acid groups (broad SMARTS) is 1. The van der Waals surface area contributed by atoms with E-state index in [9.17, 15) is 14.4 Å². The second kappa shape index (κ2) is 10.1. The molecule has 7 heteroatoms. The van der Waals surface area contributed by atoms with Crippen molar-refractivity contribution in [3.8, 4) is 11.1 Å². The van der Waals surface area contributed by atoms with E-state index in [-0.39, 0.29) is 31.3 Å². The van der Waals surface area contributed by atoms with Crippen LogP contribution in [0.1, 0.15) is 57.6 Å². The summed E-state index contributed by atoms with van der Waals surface area (Å²) < 4.78 is 5.52. The lowest BCUT2D eigenvalue weighted by atomic mass is 9.84. The topological polar surface area (TPSA) is 105 Å². The van der Waals surface area contributed by atoms with Crippen LogP contribution in [0.15, 0.2) is 48.5 Å². The molecule has 3 N–H and O–H groups in total. The van der Waals surface area contributed by atoms with Crippen LogP contribution >= 0.6 is 0 Å². The van der Waals surface area contributed by atoms with Crippen molar-refractivity contribution < 1.29 is 24.2 Å². The van der Waals surface area contributed by atoms with Gasteiger partial charge in [0.25, 0.3) is 0 Å². The van der Waals surface area contributed by atoms with E-state index in [1.54, 1.807) is 6.92 Å². The van der Waals surface area contributed by atoms with Crippen LogP contribution in [-0.4, -0.2) is 41.8 Å². The first-order valence-electron chi connectivity index (χ1n) is 11.2. The highest BCUT2D eigenvalue weighted by Gasteiger charge is 2.30. The first-order valence-corrected chi connectivity index (χ1v) is 11.2. The maximum atomic E-state index is 12.4. The quantitative estimate of drug-likeness (QED) is 0.554.